The Kier molecular flexibility index (Phi) is 9.39. The Bertz CT molecular complexity index is 497. The lowest BCUT2D eigenvalue weighted by Gasteiger charge is -2.42. The summed E-state index contributed by atoms with van der Waals surface area (Å²) < 4.78 is 25.5. The van der Waals surface area contributed by atoms with Crippen molar-refractivity contribution >= 4 is 36.3 Å². The van der Waals surface area contributed by atoms with Crippen LogP contribution in [-0.4, -0.2) is 61.1 Å². The number of esters is 4. The molecule has 0 aromatic rings. The van der Waals surface area contributed by atoms with Crippen molar-refractivity contribution in [3.63, 3.8) is 0 Å². The van der Waals surface area contributed by atoms with Crippen LogP contribution in [0.15, 0.2) is 0 Å². The Balaban J connectivity index is 0.00000576. The summed E-state index contributed by atoms with van der Waals surface area (Å²) in [6, 6.07) is -1.10. The highest BCUT2D eigenvalue weighted by molar-refractivity contribution is 5.85. The molecule has 0 aliphatic carbocycles. The quantitative estimate of drug-likeness (QED) is 0.485. The van der Waals surface area contributed by atoms with Gasteiger partial charge in [0.1, 0.15) is 18.8 Å². The molecular weight excluding hydrogens is 362 g/mol. The fraction of sp³-hybridized carbons (Fsp3) is 0.714. The number of carbonyl (C=O) groups excluding carboxylic acids is 4. The predicted octanol–water partition coefficient (Wildman–Crippen LogP) is -0.550. The van der Waals surface area contributed by atoms with Gasteiger partial charge in [-0.05, 0) is 0 Å². The molecule has 5 atom stereocenters. The second kappa shape index (κ2) is 10.2. The minimum absolute atomic E-state index is 0. The van der Waals surface area contributed by atoms with Gasteiger partial charge in [-0.3, -0.25) is 19.2 Å². The molecule has 0 aromatic heterocycles. The molecule has 0 spiro atoms. The fourth-order valence-electron chi connectivity index (χ4n) is 2.20. The summed E-state index contributed by atoms with van der Waals surface area (Å²) in [7, 11) is 0. The zero-order chi connectivity index (χ0) is 18.4. The summed E-state index contributed by atoms with van der Waals surface area (Å²) in [4.78, 5) is 44.9. The minimum Gasteiger partial charge on any atom is -0.463 e. The molecule has 1 saturated heterocycles. The molecule has 0 saturated carbocycles. The second-order valence-corrected chi connectivity index (χ2v) is 5.18. The average Bonchev–Trinajstić information content (AvgIpc) is 2.42. The van der Waals surface area contributed by atoms with Crippen molar-refractivity contribution in [3.8, 4) is 0 Å². The van der Waals surface area contributed by atoms with Gasteiger partial charge in [-0.25, -0.2) is 0 Å². The van der Waals surface area contributed by atoms with E-state index in [1.165, 1.54) is 6.92 Å². The summed E-state index contributed by atoms with van der Waals surface area (Å²) in [6.07, 6.45) is -4.58. The molecule has 144 valence electrons. The van der Waals surface area contributed by atoms with Gasteiger partial charge in [0.2, 0.25) is 6.29 Å². The van der Waals surface area contributed by atoms with E-state index in [0.717, 1.165) is 20.8 Å². The smallest absolute Gasteiger partial charge is 0.304 e. The van der Waals surface area contributed by atoms with Crippen molar-refractivity contribution in [2.75, 3.05) is 6.61 Å². The van der Waals surface area contributed by atoms with Gasteiger partial charge in [0, 0.05) is 27.7 Å². The Hall–Kier alpha value is -1.91. The maximum absolute atomic E-state index is 11.3. The van der Waals surface area contributed by atoms with Crippen molar-refractivity contribution in [1.82, 2.24) is 0 Å². The number of hydrogen-bond acceptors (Lipinski definition) is 10. The first kappa shape index (κ1) is 23.1. The number of ether oxygens (including phenoxy) is 5. The van der Waals surface area contributed by atoms with Crippen molar-refractivity contribution in [3.05, 3.63) is 0 Å². The van der Waals surface area contributed by atoms with E-state index in [4.69, 9.17) is 29.4 Å². The molecule has 0 aromatic carbocycles. The lowest BCUT2D eigenvalue weighted by atomic mass is 9.97. The summed E-state index contributed by atoms with van der Waals surface area (Å²) in [5.74, 6) is -2.62. The van der Waals surface area contributed by atoms with Crippen LogP contribution in [0, 0.1) is 0 Å². The van der Waals surface area contributed by atoms with Crippen LogP contribution >= 0.6 is 12.4 Å². The van der Waals surface area contributed by atoms with Crippen molar-refractivity contribution in [2.24, 2.45) is 5.73 Å². The first-order chi connectivity index (χ1) is 11.1. The van der Waals surface area contributed by atoms with E-state index in [1.807, 2.05) is 0 Å². The standard InChI is InChI=1S/C14H21NO9.ClH/c1-6(16)20-5-10-12(21-7(2)17)13(22-8(3)18)11(15)14(24-10)23-9(4)19;/h10-14H,5,15H2,1-4H3;1H/t10-,11-,12-,13-,14+;/m1./s1. The highest BCUT2D eigenvalue weighted by Crippen LogP contribution is 2.26. The number of halogens is 1. The van der Waals surface area contributed by atoms with Gasteiger partial charge >= 0.3 is 23.9 Å². The van der Waals surface area contributed by atoms with Crippen LogP contribution in [0.3, 0.4) is 0 Å². The van der Waals surface area contributed by atoms with Crippen LogP contribution in [0.25, 0.3) is 0 Å². The molecule has 1 aliphatic heterocycles. The van der Waals surface area contributed by atoms with Gasteiger partial charge < -0.3 is 29.4 Å². The van der Waals surface area contributed by atoms with Gasteiger partial charge in [-0.1, -0.05) is 0 Å². The molecule has 0 amide bonds. The monoisotopic (exact) mass is 383 g/mol. The van der Waals surface area contributed by atoms with Crippen molar-refractivity contribution < 1.29 is 42.9 Å². The number of nitrogens with two attached hydrogens (primary N) is 1. The van der Waals surface area contributed by atoms with E-state index in [0.29, 0.717) is 0 Å². The Labute approximate surface area is 150 Å². The summed E-state index contributed by atoms with van der Waals surface area (Å²) in [5, 5.41) is 0. The molecular formula is C14H22ClNO9. The minimum atomic E-state index is -1.26. The topological polar surface area (TPSA) is 140 Å². The van der Waals surface area contributed by atoms with Crippen molar-refractivity contribution in [2.45, 2.75) is 58.3 Å². The summed E-state index contributed by atoms with van der Waals surface area (Å²) in [6.45, 7) is 4.32. The normalized spacial score (nSPS) is 28.1. The number of rotatable bonds is 5. The zero-order valence-electron chi connectivity index (χ0n) is 14.3. The van der Waals surface area contributed by atoms with Gasteiger partial charge in [-0.2, -0.15) is 0 Å². The largest absolute Gasteiger partial charge is 0.463 e. The molecule has 1 fully saturated rings. The zero-order valence-corrected chi connectivity index (χ0v) is 15.1. The van der Waals surface area contributed by atoms with E-state index >= 15 is 0 Å². The molecule has 0 radical (unpaired) electrons. The van der Waals surface area contributed by atoms with Crippen LogP contribution in [0.5, 0.6) is 0 Å². The summed E-state index contributed by atoms with van der Waals surface area (Å²) in [5.41, 5.74) is 5.93. The number of hydrogen-bond donors (Lipinski definition) is 1. The maximum Gasteiger partial charge on any atom is 0.304 e. The highest BCUT2D eigenvalue weighted by Gasteiger charge is 2.50. The molecule has 11 heteroatoms. The van der Waals surface area contributed by atoms with Crippen LogP contribution < -0.4 is 5.73 Å². The molecule has 25 heavy (non-hydrogen) atoms. The van der Waals surface area contributed by atoms with Gasteiger partial charge in [0.15, 0.2) is 12.2 Å². The molecule has 2 N–H and O–H groups in total. The molecule has 0 bridgehead atoms. The van der Waals surface area contributed by atoms with Crippen LogP contribution in [0.4, 0.5) is 0 Å². The fourth-order valence-corrected chi connectivity index (χ4v) is 2.20. The first-order valence-corrected chi connectivity index (χ1v) is 7.18. The Morgan fingerprint density at radius 3 is 1.76 bits per heavy atom. The van der Waals surface area contributed by atoms with E-state index in [9.17, 15) is 19.2 Å². The second-order valence-electron chi connectivity index (χ2n) is 5.18. The van der Waals surface area contributed by atoms with E-state index < -0.39 is 54.5 Å². The third-order valence-electron chi connectivity index (χ3n) is 3.03. The molecule has 1 rings (SSSR count). The SMILES string of the molecule is CC(=O)OC[C@H]1O[C@H](OC(C)=O)[C@H](N)[C@@H](OC(C)=O)[C@@H]1OC(C)=O.Cl. The van der Waals surface area contributed by atoms with Crippen LogP contribution in [0.2, 0.25) is 0 Å². The Morgan fingerprint density at radius 2 is 1.32 bits per heavy atom. The maximum atomic E-state index is 11.3. The van der Waals surface area contributed by atoms with Crippen LogP contribution in [-0.2, 0) is 42.9 Å². The third kappa shape index (κ3) is 7.24. The highest BCUT2D eigenvalue weighted by atomic mass is 35.5. The van der Waals surface area contributed by atoms with E-state index in [1.54, 1.807) is 0 Å². The molecule has 0 unspecified atom stereocenters. The van der Waals surface area contributed by atoms with Crippen LogP contribution in [0.1, 0.15) is 27.7 Å². The third-order valence-corrected chi connectivity index (χ3v) is 3.03. The van der Waals surface area contributed by atoms with E-state index in [2.05, 4.69) is 0 Å². The predicted molar refractivity (Wildman–Crippen MR) is 83.4 cm³/mol. The van der Waals surface area contributed by atoms with Gasteiger partial charge in [-0.15, -0.1) is 12.4 Å². The van der Waals surface area contributed by atoms with Gasteiger partial charge in [0.05, 0.1) is 0 Å². The average molecular weight is 384 g/mol. The summed E-state index contributed by atoms with van der Waals surface area (Å²) >= 11 is 0. The first-order valence-electron chi connectivity index (χ1n) is 7.18. The lowest BCUT2D eigenvalue weighted by molar-refractivity contribution is -0.267. The molecule has 10 nitrogen and oxygen atoms in total. The van der Waals surface area contributed by atoms with E-state index in [-0.39, 0.29) is 19.0 Å². The molecule has 1 aliphatic rings. The Morgan fingerprint density at radius 1 is 0.840 bits per heavy atom. The molecule has 1 heterocycles. The lowest BCUT2D eigenvalue weighted by Crippen LogP contribution is -2.65. The van der Waals surface area contributed by atoms with Crippen molar-refractivity contribution in [1.29, 1.82) is 0 Å². The van der Waals surface area contributed by atoms with Gasteiger partial charge in [0.25, 0.3) is 0 Å². The number of carbonyl (C=O) groups is 4.